The average Bonchev–Trinajstić information content (AvgIpc) is 3.06. The molecule has 0 radical (unpaired) electrons. The fourth-order valence-electron chi connectivity index (χ4n) is 3.09. The lowest BCUT2D eigenvalue weighted by molar-refractivity contribution is -0.113. The number of thiocarbonyl (C=S) groups is 1. The van der Waals surface area contributed by atoms with Gasteiger partial charge in [-0.1, -0.05) is 75.8 Å². The molecule has 0 N–H and O–H groups in total. The van der Waals surface area contributed by atoms with Crippen LogP contribution in [0.5, 0.6) is 11.5 Å². The van der Waals surface area contributed by atoms with Crippen molar-refractivity contribution >= 4 is 73.5 Å². The van der Waals surface area contributed by atoms with Gasteiger partial charge in [-0.25, -0.2) is 0 Å². The van der Waals surface area contributed by atoms with E-state index in [4.69, 9.17) is 33.3 Å². The second-order valence-corrected chi connectivity index (χ2v) is 9.85. The Labute approximate surface area is 209 Å². The monoisotopic (exact) mass is 545 g/mol. The third-order valence-corrected chi connectivity index (χ3v) is 6.70. The quantitative estimate of drug-likeness (QED) is 0.244. The highest BCUT2D eigenvalue weighted by molar-refractivity contribution is 9.10. The van der Waals surface area contributed by atoms with E-state index in [-0.39, 0.29) is 5.91 Å². The summed E-state index contributed by atoms with van der Waals surface area (Å²) >= 11 is 16.1. The number of thioether (sulfide) groups is 1. The molecule has 8 heteroatoms. The van der Waals surface area contributed by atoms with Gasteiger partial charge >= 0.3 is 0 Å². The van der Waals surface area contributed by atoms with Crippen LogP contribution in [0, 0.1) is 0 Å². The number of hydrogen-bond acceptors (Lipinski definition) is 5. The zero-order chi connectivity index (χ0) is 22.7. The fourth-order valence-corrected chi connectivity index (χ4v) is 4.90. The van der Waals surface area contributed by atoms with E-state index in [2.05, 4.69) is 15.9 Å². The van der Waals surface area contributed by atoms with E-state index in [9.17, 15) is 4.79 Å². The van der Waals surface area contributed by atoms with Crippen molar-refractivity contribution < 1.29 is 14.3 Å². The summed E-state index contributed by atoms with van der Waals surface area (Å²) in [7, 11) is 1.58. The van der Waals surface area contributed by atoms with Crippen molar-refractivity contribution in [3.8, 4) is 11.5 Å². The fraction of sp³-hybridized carbons (Fsp3) is 0.0833. The number of amides is 1. The topological polar surface area (TPSA) is 38.8 Å². The van der Waals surface area contributed by atoms with E-state index >= 15 is 0 Å². The first-order valence-electron chi connectivity index (χ1n) is 9.53. The lowest BCUT2D eigenvalue weighted by Crippen LogP contribution is -2.27. The van der Waals surface area contributed by atoms with Crippen LogP contribution in [-0.4, -0.2) is 17.3 Å². The Kier molecular flexibility index (Phi) is 7.20. The number of carbonyl (C=O) groups is 1. The average molecular weight is 547 g/mol. The van der Waals surface area contributed by atoms with Gasteiger partial charge in [-0.3, -0.25) is 9.69 Å². The summed E-state index contributed by atoms with van der Waals surface area (Å²) in [5.41, 5.74) is 2.54. The van der Waals surface area contributed by atoms with Gasteiger partial charge in [-0.15, -0.1) is 0 Å². The molecule has 3 aromatic carbocycles. The number of anilines is 1. The highest BCUT2D eigenvalue weighted by atomic mass is 79.9. The number of nitrogens with zero attached hydrogens (tertiary/aromatic N) is 1. The predicted octanol–water partition coefficient (Wildman–Crippen LogP) is 7.10. The molecule has 162 valence electrons. The van der Waals surface area contributed by atoms with Gasteiger partial charge in [0.2, 0.25) is 0 Å². The number of methoxy groups -OCH3 is 1. The molecule has 4 nitrogen and oxygen atoms in total. The van der Waals surface area contributed by atoms with Gasteiger partial charge in [-0.05, 0) is 59.7 Å². The van der Waals surface area contributed by atoms with E-state index in [1.807, 2.05) is 72.8 Å². The molecule has 1 aliphatic rings. The molecule has 0 aromatic heterocycles. The van der Waals surface area contributed by atoms with Crippen molar-refractivity contribution in [3.63, 3.8) is 0 Å². The van der Waals surface area contributed by atoms with Crippen molar-refractivity contribution in [1.29, 1.82) is 0 Å². The molecule has 0 atom stereocenters. The van der Waals surface area contributed by atoms with Crippen LogP contribution in [0.4, 0.5) is 5.69 Å². The van der Waals surface area contributed by atoms with Gasteiger partial charge in [0.15, 0.2) is 15.8 Å². The van der Waals surface area contributed by atoms with Crippen molar-refractivity contribution in [2.75, 3.05) is 12.0 Å². The Balaban J connectivity index is 1.53. The summed E-state index contributed by atoms with van der Waals surface area (Å²) in [5.74, 6) is 1.04. The van der Waals surface area contributed by atoms with Gasteiger partial charge in [0.25, 0.3) is 5.91 Å². The molecule has 0 spiro atoms. The molecule has 32 heavy (non-hydrogen) atoms. The van der Waals surface area contributed by atoms with E-state index in [1.165, 1.54) is 16.7 Å². The van der Waals surface area contributed by atoms with Crippen LogP contribution in [-0.2, 0) is 11.4 Å². The van der Waals surface area contributed by atoms with Gasteiger partial charge < -0.3 is 9.47 Å². The van der Waals surface area contributed by atoms with Crippen LogP contribution < -0.4 is 14.4 Å². The number of rotatable bonds is 6. The molecule has 1 heterocycles. The highest BCUT2D eigenvalue weighted by Gasteiger charge is 2.33. The first-order chi connectivity index (χ1) is 15.4. The first-order valence-corrected chi connectivity index (χ1v) is 11.9. The maximum atomic E-state index is 13.0. The minimum atomic E-state index is -0.153. The summed E-state index contributed by atoms with van der Waals surface area (Å²) in [4.78, 5) is 15.1. The molecule has 3 aromatic rings. The zero-order valence-electron chi connectivity index (χ0n) is 16.9. The summed E-state index contributed by atoms with van der Waals surface area (Å²) < 4.78 is 12.8. The number of benzene rings is 3. The maximum absolute atomic E-state index is 13.0. The van der Waals surface area contributed by atoms with E-state index in [0.717, 1.165) is 21.3 Å². The molecule has 1 fully saturated rings. The van der Waals surface area contributed by atoms with E-state index < -0.39 is 0 Å². The van der Waals surface area contributed by atoms with E-state index in [1.54, 1.807) is 7.11 Å². The van der Waals surface area contributed by atoms with Crippen molar-refractivity contribution in [3.05, 3.63) is 92.3 Å². The maximum Gasteiger partial charge on any atom is 0.270 e. The van der Waals surface area contributed by atoms with Crippen LogP contribution in [0.2, 0.25) is 5.02 Å². The zero-order valence-corrected chi connectivity index (χ0v) is 20.9. The van der Waals surface area contributed by atoms with Gasteiger partial charge in [0.1, 0.15) is 6.61 Å². The van der Waals surface area contributed by atoms with E-state index in [0.29, 0.717) is 32.4 Å². The molecule has 0 aliphatic carbocycles. The summed E-state index contributed by atoms with van der Waals surface area (Å²) in [6.45, 7) is 0.387. The third kappa shape index (κ3) is 5.18. The van der Waals surface area contributed by atoms with Crippen LogP contribution in [0.25, 0.3) is 6.08 Å². The minimum absolute atomic E-state index is 0.153. The second-order valence-electron chi connectivity index (χ2n) is 6.82. The van der Waals surface area contributed by atoms with Crippen LogP contribution >= 0.6 is 51.5 Å². The largest absolute Gasteiger partial charge is 0.493 e. The summed E-state index contributed by atoms with van der Waals surface area (Å²) in [6, 6.07) is 20.5. The summed E-state index contributed by atoms with van der Waals surface area (Å²) in [6.07, 6.45) is 1.81. The smallest absolute Gasteiger partial charge is 0.270 e. The Morgan fingerprint density at radius 1 is 1.09 bits per heavy atom. The lowest BCUT2D eigenvalue weighted by Gasteiger charge is -2.14. The number of halogens is 2. The predicted molar refractivity (Wildman–Crippen MR) is 139 cm³/mol. The van der Waals surface area contributed by atoms with Crippen molar-refractivity contribution in [2.24, 2.45) is 0 Å². The summed E-state index contributed by atoms with van der Waals surface area (Å²) in [5, 5.41) is 0.681. The standard InChI is InChI=1S/C24H17BrClNO3S2/c1-29-21-11-16(7-10-20(21)30-14-15-5-8-18(26)9-6-15)12-22-23(28)27(24(31)32-22)19-4-2-3-17(25)13-19/h2-13H,14H2,1H3/b22-12+. The Hall–Kier alpha value is -2.32. The van der Waals surface area contributed by atoms with Crippen molar-refractivity contribution in [2.45, 2.75) is 6.61 Å². The molecule has 1 amide bonds. The van der Waals surface area contributed by atoms with Crippen LogP contribution in [0.15, 0.2) is 76.1 Å². The number of ether oxygens (including phenoxy) is 2. The molecule has 0 unspecified atom stereocenters. The molecule has 1 aliphatic heterocycles. The third-order valence-electron chi connectivity index (χ3n) is 4.65. The molecular weight excluding hydrogens is 530 g/mol. The Morgan fingerprint density at radius 3 is 2.59 bits per heavy atom. The molecular formula is C24H17BrClNO3S2. The van der Waals surface area contributed by atoms with Crippen LogP contribution in [0.3, 0.4) is 0 Å². The van der Waals surface area contributed by atoms with Gasteiger partial charge in [0, 0.05) is 9.50 Å². The van der Waals surface area contributed by atoms with Crippen LogP contribution in [0.1, 0.15) is 11.1 Å². The van der Waals surface area contributed by atoms with Crippen molar-refractivity contribution in [1.82, 2.24) is 0 Å². The molecule has 1 saturated heterocycles. The first kappa shape index (κ1) is 22.9. The highest BCUT2D eigenvalue weighted by Crippen LogP contribution is 2.38. The SMILES string of the molecule is COc1cc(/C=C2/SC(=S)N(c3cccc(Br)c3)C2=O)ccc1OCc1ccc(Cl)cc1. The molecule has 0 bridgehead atoms. The molecule has 0 saturated carbocycles. The van der Waals surface area contributed by atoms with Gasteiger partial charge in [0.05, 0.1) is 17.7 Å². The Morgan fingerprint density at radius 2 is 1.88 bits per heavy atom. The Bertz CT molecular complexity index is 1210. The van der Waals surface area contributed by atoms with Gasteiger partial charge in [-0.2, -0.15) is 0 Å². The minimum Gasteiger partial charge on any atom is -0.493 e. The second kappa shape index (κ2) is 10.1. The number of carbonyl (C=O) groups excluding carboxylic acids is 1. The number of hydrogen-bond donors (Lipinski definition) is 0. The normalized spacial score (nSPS) is 14.8. The lowest BCUT2D eigenvalue weighted by atomic mass is 10.1. The molecule has 4 rings (SSSR count).